The van der Waals surface area contributed by atoms with E-state index in [1.54, 1.807) is 46.8 Å². The number of para-hydroxylation sites is 1. The second-order valence-electron chi connectivity index (χ2n) is 11.1. The van der Waals surface area contributed by atoms with E-state index in [1.807, 2.05) is 42.5 Å². The highest BCUT2D eigenvalue weighted by Crippen LogP contribution is 2.30. The van der Waals surface area contributed by atoms with Crippen molar-refractivity contribution >= 4 is 38.9 Å². The first-order chi connectivity index (χ1) is 22.4. The quantitative estimate of drug-likeness (QED) is 0.133. The van der Waals surface area contributed by atoms with Crippen LogP contribution in [0, 0.1) is 0 Å². The number of rotatable bonds is 12. The van der Waals surface area contributed by atoms with Crippen molar-refractivity contribution in [2.75, 3.05) is 38.1 Å². The Morgan fingerprint density at radius 3 is 2.00 bits per heavy atom. The summed E-state index contributed by atoms with van der Waals surface area (Å²) < 4.78 is 34.5. The number of anilines is 1. The highest BCUT2D eigenvalue weighted by Gasteiger charge is 2.32. The monoisotopic (exact) mass is 656 g/mol. The molecule has 1 saturated heterocycles. The number of amides is 1. The Morgan fingerprint density at radius 1 is 0.804 bits per heavy atom. The van der Waals surface area contributed by atoms with Gasteiger partial charge in [0.2, 0.25) is 10.0 Å². The van der Waals surface area contributed by atoms with Crippen LogP contribution in [0.4, 0.5) is 5.69 Å². The lowest BCUT2D eigenvalue weighted by Crippen LogP contribution is -2.49. The minimum Gasteiger partial charge on any atom is -0.493 e. The van der Waals surface area contributed by atoms with Gasteiger partial charge in [-0.3, -0.25) is 15.0 Å². The lowest BCUT2D eigenvalue weighted by atomic mass is 9.96. The Kier molecular flexibility index (Phi) is 11.5. The molecule has 0 aliphatic carbocycles. The van der Waals surface area contributed by atoms with Crippen LogP contribution in [-0.2, 0) is 10.0 Å². The lowest BCUT2D eigenvalue weighted by Gasteiger charge is -2.39. The predicted octanol–water partition coefficient (Wildman–Crippen LogP) is 6.48. The first-order valence-electron chi connectivity index (χ1n) is 15.6. The summed E-state index contributed by atoms with van der Waals surface area (Å²) in [6.45, 7) is 4.64. The van der Waals surface area contributed by atoms with E-state index in [2.05, 4.69) is 46.7 Å². The van der Waals surface area contributed by atoms with Crippen molar-refractivity contribution in [1.29, 1.82) is 0 Å². The second kappa shape index (κ2) is 16.0. The fourth-order valence-electron chi connectivity index (χ4n) is 5.59. The zero-order chi connectivity index (χ0) is 32.4. The van der Waals surface area contributed by atoms with Crippen LogP contribution in [0.2, 0.25) is 0 Å². The average Bonchev–Trinajstić information content (AvgIpc) is 3.08. The highest BCUT2D eigenvalue weighted by atomic mass is 32.2. The van der Waals surface area contributed by atoms with Crippen LogP contribution in [0.5, 0.6) is 5.75 Å². The molecular weight excluding hydrogens is 617 g/mol. The topological polar surface area (TPSA) is 91.0 Å². The Bertz CT molecular complexity index is 1650. The van der Waals surface area contributed by atoms with Crippen molar-refractivity contribution in [1.82, 2.24) is 14.5 Å². The van der Waals surface area contributed by atoms with Gasteiger partial charge in [-0.05, 0) is 66.2 Å². The molecule has 0 saturated carbocycles. The van der Waals surface area contributed by atoms with Gasteiger partial charge >= 0.3 is 0 Å². The third-order valence-electron chi connectivity index (χ3n) is 7.98. The van der Waals surface area contributed by atoms with Crippen molar-refractivity contribution < 1.29 is 17.9 Å². The zero-order valence-corrected chi connectivity index (χ0v) is 27.6. The molecule has 2 N–H and O–H groups in total. The molecule has 0 spiro atoms. The number of benzene rings is 4. The van der Waals surface area contributed by atoms with Crippen LogP contribution in [0.25, 0.3) is 0 Å². The number of unbranched alkanes of at least 4 members (excludes halogenated alkanes) is 2. The summed E-state index contributed by atoms with van der Waals surface area (Å²) >= 11 is 5.37. The summed E-state index contributed by atoms with van der Waals surface area (Å²) in [5.41, 5.74) is 3.32. The first kappa shape index (κ1) is 33.3. The molecule has 5 rings (SSSR count). The summed E-state index contributed by atoms with van der Waals surface area (Å²) in [5, 5.41) is 5.76. The largest absolute Gasteiger partial charge is 0.493 e. The standard InChI is InChI=1S/C36H40N4O4S2/c1-2-3-12-27-44-33-18-11-10-17-32(33)35(41)38-36(45)37-30-19-21-31(22-20-30)46(42,43)40-25-23-39(24-26-40)34(28-13-6-4-7-14-28)29-15-8-5-9-16-29/h4-11,13-22,34H,2-3,12,23-27H2,1H3,(H2,37,38,41,45). The summed E-state index contributed by atoms with van der Waals surface area (Å²) in [4.78, 5) is 15.5. The van der Waals surface area contributed by atoms with Crippen LogP contribution in [-0.4, -0.2) is 61.4 Å². The average molecular weight is 657 g/mol. The third kappa shape index (κ3) is 8.38. The number of piperazine rings is 1. The molecule has 4 aromatic rings. The summed E-state index contributed by atoms with van der Waals surface area (Å²) in [6.07, 6.45) is 3.06. The molecule has 0 aromatic heterocycles. The van der Waals surface area contributed by atoms with E-state index >= 15 is 0 Å². The number of carbonyl (C=O) groups is 1. The van der Waals surface area contributed by atoms with Crippen LogP contribution >= 0.6 is 12.2 Å². The molecule has 4 aromatic carbocycles. The number of sulfonamides is 1. The summed E-state index contributed by atoms with van der Waals surface area (Å²) in [7, 11) is -3.69. The maximum absolute atomic E-state index is 13.6. The molecule has 0 atom stereocenters. The van der Waals surface area contributed by atoms with Crippen molar-refractivity contribution in [2.24, 2.45) is 0 Å². The van der Waals surface area contributed by atoms with Crippen LogP contribution < -0.4 is 15.4 Å². The van der Waals surface area contributed by atoms with E-state index in [1.165, 1.54) is 11.1 Å². The molecule has 10 heteroatoms. The smallest absolute Gasteiger partial charge is 0.261 e. The third-order valence-corrected chi connectivity index (χ3v) is 10.1. The molecule has 1 heterocycles. The Hall–Kier alpha value is -4.09. The summed E-state index contributed by atoms with van der Waals surface area (Å²) in [5.74, 6) is 0.119. The lowest BCUT2D eigenvalue weighted by molar-refractivity contribution is 0.0973. The van der Waals surface area contributed by atoms with Gasteiger partial charge in [0.15, 0.2) is 5.11 Å². The van der Waals surface area contributed by atoms with E-state index in [0.29, 0.717) is 49.8 Å². The van der Waals surface area contributed by atoms with Gasteiger partial charge in [0.25, 0.3) is 5.91 Å². The van der Waals surface area contributed by atoms with Gasteiger partial charge in [0.1, 0.15) is 5.75 Å². The highest BCUT2D eigenvalue weighted by molar-refractivity contribution is 7.89. The van der Waals surface area contributed by atoms with Gasteiger partial charge in [-0.1, -0.05) is 92.6 Å². The molecule has 46 heavy (non-hydrogen) atoms. The zero-order valence-electron chi connectivity index (χ0n) is 26.0. The number of hydrogen-bond donors (Lipinski definition) is 2. The first-order valence-corrected chi connectivity index (χ1v) is 17.5. The number of nitrogens with one attached hydrogen (secondary N) is 2. The minimum absolute atomic E-state index is 0.0498. The fraction of sp³-hybridized carbons (Fsp3) is 0.278. The number of hydrogen-bond acceptors (Lipinski definition) is 6. The number of carbonyl (C=O) groups excluding carboxylic acids is 1. The van der Waals surface area contributed by atoms with Crippen LogP contribution in [0.3, 0.4) is 0 Å². The molecule has 0 radical (unpaired) electrons. The minimum atomic E-state index is -3.69. The Labute approximate surface area is 277 Å². The van der Waals surface area contributed by atoms with Gasteiger partial charge in [0.05, 0.1) is 23.1 Å². The molecule has 1 aliphatic rings. The molecule has 240 valence electrons. The van der Waals surface area contributed by atoms with E-state index in [4.69, 9.17) is 17.0 Å². The van der Waals surface area contributed by atoms with E-state index in [0.717, 1.165) is 19.3 Å². The molecule has 0 bridgehead atoms. The van der Waals surface area contributed by atoms with Crippen molar-refractivity contribution in [3.05, 3.63) is 126 Å². The molecule has 1 amide bonds. The van der Waals surface area contributed by atoms with Gasteiger partial charge in [0, 0.05) is 31.9 Å². The van der Waals surface area contributed by atoms with Crippen molar-refractivity contribution in [3.8, 4) is 5.75 Å². The molecular formula is C36H40N4O4S2. The Balaban J connectivity index is 1.18. The van der Waals surface area contributed by atoms with E-state index in [9.17, 15) is 13.2 Å². The van der Waals surface area contributed by atoms with Gasteiger partial charge < -0.3 is 10.1 Å². The van der Waals surface area contributed by atoms with Gasteiger partial charge in [-0.25, -0.2) is 8.42 Å². The maximum Gasteiger partial charge on any atom is 0.261 e. The van der Waals surface area contributed by atoms with Gasteiger partial charge in [-0.15, -0.1) is 0 Å². The van der Waals surface area contributed by atoms with Crippen molar-refractivity contribution in [3.63, 3.8) is 0 Å². The normalized spacial score (nSPS) is 14.1. The van der Waals surface area contributed by atoms with E-state index < -0.39 is 10.0 Å². The van der Waals surface area contributed by atoms with Gasteiger partial charge in [-0.2, -0.15) is 4.31 Å². The molecule has 1 fully saturated rings. The van der Waals surface area contributed by atoms with Crippen LogP contribution in [0.1, 0.15) is 53.7 Å². The van der Waals surface area contributed by atoms with E-state index in [-0.39, 0.29) is 22.0 Å². The number of ether oxygens (including phenoxy) is 1. The predicted molar refractivity (Wildman–Crippen MR) is 187 cm³/mol. The number of nitrogens with zero attached hydrogens (tertiary/aromatic N) is 2. The molecule has 8 nitrogen and oxygen atoms in total. The summed E-state index contributed by atoms with van der Waals surface area (Å²) in [6, 6.07) is 34.2. The Morgan fingerprint density at radius 2 is 1.39 bits per heavy atom. The fourth-order valence-corrected chi connectivity index (χ4v) is 7.23. The SMILES string of the molecule is CCCCCOc1ccccc1C(=O)NC(=S)Nc1ccc(S(=O)(=O)N2CCN(C(c3ccccc3)c3ccccc3)CC2)cc1. The second-order valence-corrected chi connectivity index (χ2v) is 13.5. The number of thiocarbonyl (C=S) groups is 1. The van der Waals surface area contributed by atoms with Crippen molar-refractivity contribution in [2.45, 2.75) is 37.1 Å². The molecule has 0 unspecified atom stereocenters. The van der Waals surface area contributed by atoms with Crippen LogP contribution in [0.15, 0.2) is 114 Å². The molecule has 1 aliphatic heterocycles. The maximum atomic E-state index is 13.6.